The van der Waals surface area contributed by atoms with E-state index in [4.69, 9.17) is 0 Å². The minimum Gasteiger partial charge on any atom is -0.352 e. The van der Waals surface area contributed by atoms with Crippen LogP contribution in [0, 0.1) is 11.7 Å². The van der Waals surface area contributed by atoms with Crippen molar-refractivity contribution in [1.82, 2.24) is 5.32 Å². The number of alkyl halides is 2. The third-order valence-electron chi connectivity index (χ3n) is 4.57. The second kappa shape index (κ2) is 8.24. The number of carbonyl (C=O) groups excluding carboxylic acids is 2. The molecule has 10 heteroatoms. The summed E-state index contributed by atoms with van der Waals surface area (Å²) in [7, 11) is -4.93. The van der Waals surface area contributed by atoms with E-state index in [0.717, 1.165) is 12.1 Å². The smallest absolute Gasteiger partial charge is 0.341 e. The Hall–Kier alpha value is -2.88. The summed E-state index contributed by atoms with van der Waals surface area (Å²) in [6, 6.07) is 10.1. The van der Waals surface area contributed by atoms with Gasteiger partial charge < -0.3 is 10.2 Å². The summed E-state index contributed by atoms with van der Waals surface area (Å²) < 4.78 is 62.3. The predicted octanol–water partition coefficient (Wildman–Crippen LogP) is 2.60. The van der Waals surface area contributed by atoms with Crippen LogP contribution in [0.3, 0.4) is 0 Å². The molecule has 3 rings (SSSR count). The van der Waals surface area contributed by atoms with Gasteiger partial charge in [0.15, 0.2) is 0 Å². The number of carbonyl (C=O) groups is 2. The van der Waals surface area contributed by atoms with Gasteiger partial charge in [-0.1, -0.05) is 12.1 Å². The van der Waals surface area contributed by atoms with Crippen LogP contribution >= 0.6 is 0 Å². The Morgan fingerprint density at radius 3 is 2.45 bits per heavy atom. The van der Waals surface area contributed by atoms with Crippen molar-refractivity contribution in [2.24, 2.45) is 5.92 Å². The monoisotopic (exact) mass is 426 g/mol. The van der Waals surface area contributed by atoms with Gasteiger partial charge in [-0.2, -0.15) is 8.78 Å². The summed E-state index contributed by atoms with van der Waals surface area (Å²) in [4.78, 5) is 25.3. The number of rotatable bonds is 6. The SMILES string of the molecule is O=C(NCC1CC(=O)N(c2ccc(F)cc2)C1)c1ccccc1S(=O)(=O)C(F)F. The Labute approximate surface area is 165 Å². The van der Waals surface area contributed by atoms with Crippen LogP contribution in [0.1, 0.15) is 16.8 Å². The lowest BCUT2D eigenvalue weighted by Gasteiger charge is -2.17. The van der Waals surface area contributed by atoms with E-state index in [9.17, 15) is 31.2 Å². The summed E-state index contributed by atoms with van der Waals surface area (Å²) in [5.41, 5.74) is 0.145. The van der Waals surface area contributed by atoms with Crippen LogP contribution in [0.5, 0.6) is 0 Å². The molecule has 0 radical (unpaired) electrons. The summed E-state index contributed by atoms with van der Waals surface area (Å²) in [5.74, 6) is -5.36. The van der Waals surface area contributed by atoms with E-state index in [-0.39, 0.29) is 36.9 Å². The number of anilines is 1. The third-order valence-corrected chi connectivity index (χ3v) is 6.01. The van der Waals surface area contributed by atoms with E-state index in [2.05, 4.69) is 5.32 Å². The molecule has 1 unspecified atom stereocenters. The van der Waals surface area contributed by atoms with E-state index in [1.54, 1.807) is 0 Å². The van der Waals surface area contributed by atoms with Crippen LogP contribution in [0.4, 0.5) is 18.9 Å². The van der Waals surface area contributed by atoms with Crippen molar-refractivity contribution in [2.75, 3.05) is 18.0 Å². The molecule has 1 aliphatic rings. The molecule has 1 atom stereocenters. The van der Waals surface area contributed by atoms with Gasteiger partial charge in [-0.25, -0.2) is 12.8 Å². The van der Waals surface area contributed by atoms with Crippen LogP contribution < -0.4 is 10.2 Å². The first-order valence-electron chi connectivity index (χ1n) is 8.65. The highest BCUT2D eigenvalue weighted by atomic mass is 32.2. The number of hydrogen-bond donors (Lipinski definition) is 1. The van der Waals surface area contributed by atoms with Gasteiger partial charge in [-0.15, -0.1) is 0 Å². The maximum absolute atomic E-state index is 13.0. The predicted molar refractivity (Wildman–Crippen MR) is 98.8 cm³/mol. The van der Waals surface area contributed by atoms with Gasteiger partial charge in [0, 0.05) is 31.1 Å². The third kappa shape index (κ3) is 4.42. The summed E-state index contributed by atoms with van der Waals surface area (Å²) in [5, 5.41) is 2.51. The minimum atomic E-state index is -4.93. The lowest BCUT2D eigenvalue weighted by molar-refractivity contribution is -0.117. The van der Waals surface area contributed by atoms with Crippen LogP contribution in [-0.2, 0) is 14.6 Å². The minimum absolute atomic E-state index is 0.0470. The number of hydrogen-bond acceptors (Lipinski definition) is 4. The first-order valence-corrected chi connectivity index (χ1v) is 10.2. The Kier molecular flexibility index (Phi) is 5.92. The molecule has 154 valence electrons. The van der Waals surface area contributed by atoms with Crippen molar-refractivity contribution in [1.29, 1.82) is 0 Å². The molecule has 2 aromatic carbocycles. The maximum atomic E-state index is 13.0. The van der Waals surface area contributed by atoms with Crippen molar-refractivity contribution < 1.29 is 31.2 Å². The number of halogens is 3. The first-order chi connectivity index (χ1) is 13.7. The average molecular weight is 426 g/mol. The largest absolute Gasteiger partial charge is 0.352 e. The summed E-state index contributed by atoms with van der Waals surface area (Å²) in [6.45, 7) is 0.326. The van der Waals surface area contributed by atoms with Gasteiger partial charge in [0.1, 0.15) is 5.82 Å². The summed E-state index contributed by atoms with van der Waals surface area (Å²) in [6.07, 6.45) is 0.134. The van der Waals surface area contributed by atoms with Gasteiger partial charge >= 0.3 is 5.76 Å². The van der Waals surface area contributed by atoms with E-state index in [1.165, 1.54) is 41.3 Å². The molecule has 2 aromatic rings. The molecule has 29 heavy (non-hydrogen) atoms. The molecule has 1 saturated heterocycles. The van der Waals surface area contributed by atoms with Gasteiger partial charge in [0.2, 0.25) is 15.7 Å². The zero-order valence-electron chi connectivity index (χ0n) is 15.0. The Morgan fingerprint density at radius 2 is 1.79 bits per heavy atom. The van der Waals surface area contributed by atoms with Crippen LogP contribution in [-0.4, -0.2) is 39.1 Å². The molecule has 0 aliphatic carbocycles. The number of amides is 2. The Morgan fingerprint density at radius 1 is 1.14 bits per heavy atom. The molecular weight excluding hydrogens is 409 g/mol. The number of sulfone groups is 1. The summed E-state index contributed by atoms with van der Waals surface area (Å²) >= 11 is 0. The van der Waals surface area contributed by atoms with Crippen LogP contribution in [0.2, 0.25) is 0 Å². The van der Waals surface area contributed by atoms with Crippen molar-refractivity contribution in [3.8, 4) is 0 Å². The van der Waals surface area contributed by atoms with Crippen molar-refractivity contribution in [2.45, 2.75) is 17.1 Å². The molecule has 0 aromatic heterocycles. The molecule has 1 heterocycles. The zero-order chi connectivity index (χ0) is 21.2. The van der Waals surface area contributed by atoms with Crippen molar-refractivity contribution >= 4 is 27.3 Å². The van der Waals surface area contributed by atoms with Crippen LogP contribution in [0.25, 0.3) is 0 Å². The highest BCUT2D eigenvalue weighted by molar-refractivity contribution is 7.91. The highest BCUT2D eigenvalue weighted by Crippen LogP contribution is 2.26. The maximum Gasteiger partial charge on any atom is 0.341 e. The van der Waals surface area contributed by atoms with Crippen molar-refractivity contribution in [3.63, 3.8) is 0 Å². The van der Waals surface area contributed by atoms with Gasteiger partial charge in [-0.3, -0.25) is 9.59 Å². The fourth-order valence-corrected chi connectivity index (χ4v) is 4.05. The molecule has 0 bridgehead atoms. The topological polar surface area (TPSA) is 83.6 Å². The van der Waals surface area contributed by atoms with E-state index in [1.807, 2.05) is 0 Å². The zero-order valence-corrected chi connectivity index (χ0v) is 15.8. The second-order valence-corrected chi connectivity index (χ2v) is 8.45. The highest BCUT2D eigenvalue weighted by Gasteiger charge is 2.33. The lowest BCUT2D eigenvalue weighted by atomic mass is 10.1. The van der Waals surface area contributed by atoms with Crippen LogP contribution in [0.15, 0.2) is 53.4 Å². The molecule has 1 N–H and O–H groups in total. The second-order valence-electron chi connectivity index (χ2n) is 6.56. The molecule has 0 saturated carbocycles. The van der Waals surface area contributed by atoms with E-state index in [0.29, 0.717) is 5.69 Å². The molecule has 0 spiro atoms. The Bertz CT molecular complexity index is 1030. The quantitative estimate of drug-likeness (QED) is 0.770. The average Bonchev–Trinajstić information content (AvgIpc) is 3.07. The molecule has 2 amide bonds. The standard InChI is InChI=1S/C19H17F3N2O4S/c20-13-5-7-14(8-6-13)24-11-12(9-17(24)25)10-23-18(26)15-3-1-2-4-16(15)29(27,28)19(21)22/h1-8,12,19H,9-11H2,(H,23,26). The van der Waals surface area contributed by atoms with Gasteiger partial charge in [0.25, 0.3) is 5.91 Å². The first kappa shape index (κ1) is 20.8. The number of benzene rings is 2. The molecule has 1 fully saturated rings. The molecule has 1 aliphatic heterocycles. The number of nitrogens with zero attached hydrogens (tertiary/aromatic N) is 1. The molecule has 6 nitrogen and oxygen atoms in total. The van der Waals surface area contributed by atoms with Gasteiger partial charge in [0.05, 0.1) is 10.5 Å². The van der Waals surface area contributed by atoms with E-state index >= 15 is 0 Å². The van der Waals surface area contributed by atoms with Gasteiger partial charge in [-0.05, 0) is 36.4 Å². The lowest BCUT2D eigenvalue weighted by Crippen LogP contribution is -2.32. The molecular formula is C19H17F3N2O4S. The fourth-order valence-electron chi connectivity index (χ4n) is 3.12. The normalized spacial score (nSPS) is 17.0. The van der Waals surface area contributed by atoms with Crippen molar-refractivity contribution in [3.05, 3.63) is 59.9 Å². The number of nitrogens with one attached hydrogen (secondary N) is 1. The Balaban J connectivity index is 1.68. The fraction of sp³-hybridized carbons (Fsp3) is 0.263. The van der Waals surface area contributed by atoms with E-state index < -0.39 is 32.2 Å².